The first-order valence-electron chi connectivity index (χ1n) is 8.13. The molecule has 0 aliphatic rings. The molecular formula is C18H18F3N3O3. The van der Waals surface area contributed by atoms with Gasteiger partial charge < -0.3 is 15.4 Å². The van der Waals surface area contributed by atoms with Crippen LogP contribution < -0.4 is 15.4 Å². The molecule has 6 nitrogen and oxygen atoms in total. The van der Waals surface area contributed by atoms with Crippen LogP contribution in [0.25, 0.3) is 0 Å². The second kappa shape index (κ2) is 9.02. The van der Waals surface area contributed by atoms with Gasteiger partial charge in [-0.2, -0.15) is 13.2 Å². The summed E-state index contributed by atoms with van der Waals surface area (Å²) in [6, 6.07) is 8.79. The zero-order valence-corrected chi connectivity index (χ0v) is 14.5. The second-order valence-corrected chi connectivity index (χ2v) is 5.58. The summed E-state index contributed by atoms with van der Waals surface area (Å²) in [5.74, 6) is -0.923. The Labute approximate surface area is 153 Å². The lowest BCUT2D eigenvalue weighted by Crippen LogP contribution is -2.23. The Morgan fingerprint density at radius 2 is 1.70 bits per heavy atom. The number of amides is 2. The standard InChI is InChI=1S/C18H18F3N3O3/c1-2-9-22-16(25)12-3-6-14(7-4-12)24-17(26)13-5-8-15(23-10-13)27-11-18(19,20)21/h3-8,10H,2,9,11H2,1H3,(H,22,25)(H,24,26). The summed E-state index contributed by atoms with van der Waals surface area (Å²) < 4.78 is 40.7. The first-order valence-corrected chi connectivity index (χ1v) is 8.13. The highest BCUT2D eigenvalue weighted by atomic mass is 19.4. The van der Waals surface area contributed by atoms with Crippen molar-refractivity contribution >= 4 is 17.5 Å². The van der Waals surface area contributed by atoms with Gasteiger partial charge in [-0.05, 0) is 36.8 Å². The molecule has 1 heterocycles. The van der Waals surface area contributed by atoms with E-state index in [1.807, 2.05) is 6.92 Å². The Bertz CT molecular complexity index is 775. The fourth-order valence-corrected chi connectivity index (χ4v) is 2.00. The minimum atomic E-state index is -4.46. The fourth-order valence-electron chi connectivity index (χ4n) is 2.00. The third kappa shape index (κ3) is 6.61. The van der Waals surface area contributed by atoms with Crippen LogP contribution in [0.1, 0.15) is 34.1 Å². The number of aromatic nitrogens is 1. The SMILES string of the molecule is CCCNC(=O)c1ccc(NC(=O)c2ccc(OCC(F)(F)F)nc2)cc1. The van der Waals surface area contributed by atoms with Crippen molar-refractivity contribution in [2.45, 2.75) is 19.5 Å². The highest BCUT2D eigenvalue weighted by Crippen LogP contribution is 2.17. The molecule has 0 atom stereocenters. The number of rotatable bonds is 7. The summed E-state index contributed by atoms with van der Waals surface area (Å²) >= 11 is 0. The minimum Gasteiger partial charge on any atom is -0.468 e. The predicted octanol–water partition coefficient (Wildman–Crippen LogP) is 3.41. The van der Waals surface area contributed by atoms with Gasteiger partial charge in [0.25, 0.3) is 11.8 Å². The fraction of sp³-hybridized carbons (Fsp3) is 0.278. The van der Waals surface area contributed by atoms with E-state index in [4.69, 9.17) is 0 Å². The summed E-state index contributed by atoms with van der Waals surface area (Å²) in [6.45, 7) is 1.07. The normalized spacial score (nSPS) is 11.0. The van der Waals surface area contributed by atoms with Gasteiger partial charge in [0.05, 0.1) is 5.56 Å². The van der Waals surface area contributed by atoms with Crippen molar-refractivity contribution in [2.75, 3.05) is 18.5 Å². The van der Waals surface area contributed by atoms with Crippen molar-refractivity contribution < 1.29 is 27.5 Å². The summed E-state index contributed by atoms with van der Waals surface area (Å²) in [4.78, 5) is 27.6. The van der Waals surface area contributed by atoms with Gasteiger partial charge in [0.2, 0.25) is 5.88 Å². The lowest BCUT2D eigenvalue weighted by Gasteiger charge is -2.09. The van der Waals surface area contributed by atoms with E-state index in [0.29, 0.717) is 17.8 Å². The molecule has 2 amide bonds. The van der Waals surface area contributed by atoms with Gasteiger partial charge in [-0.1, -0.05) is 6.92 Å². The van der Waals surface area contributed by atoms with Crippen molar-refractivity contribution in [1.29, 1.82) is 0 Å². The van der Waals surface area contributed by atoms with Crippen LogP contribution in [0.3, 0.4) is 0 Å². The van der Waals surface area contributed by atoms with Crippen LogP contribution in [0.5, 0.6) is 5.88 Å². The van der Waals surface area contributed by atoms with Crippen LogP contribution in [0.15, 0.2) is 42.6 Å². The topological polar surface area (TPSA) is 80.3 Å². The molecule has 144 valence electrons. The molecule has 0 spiro atoms. The first kappa shape index (κ1) is 20.2. The quantitative estimate of drug-likeness (QED) is 0.770. The lowest BCUT2D eigenvalue weighted by atomic mass is 10.2. The van der Waals surface area contributed by atoms with Crippen molar-refractivity contribution in [2.24, 2.45) is 0 Å². The van der Waals surface area contributed by atoms with Crippen molar-refractivity contribution in [3.05, 3.63) is 53.7 Å². The maximum atomic E-state index is 12.2. The number of halogens is 3. The van der Waals surface area contributed by atoms with Gasteiger partial charge in [0.15, 0.2) is 6.61 Å². The Balaban J connectivity index is 1.93. The number of nitrogens with one attached hydrogen (secondary N) is 2. The molecule has 2 rings (SSSR count). The molecule has 2 N–H and O–H groups in total. The number of pyridine rings is 1. The van der Waals surface area contributed by atoms with Crippen LogP contribution >= 0.6 is 0 Å². The van der Waals surface area contributed by atoms with E-state index < -0.39 is 18.7 Å². The molecule has 0 saturated heterocycles. The van der Waals surface area contributed by atoms with Crippen LogP contribution in [0.4, 0.5) is 18.9 Å². The maximum absolute atomic E-state index is 12.2. The van der Waals surface area contributed by atoms with E-state index in [0.717, 1.165) is 12.6 Å². The van der Waals surface area contributed by atoms with Crippen LogP contribution in [0.2, 0.25) is 0 Å². The first-order chi connectivity index (χ1) is 12.8. The summed E-state index contributed by atoms with van der Waals surface area (Å²) in [5.41, 5.74) is 1.08. The van der Waals surface area contributed by atoms with Crippen LogP contribution in [-0.2, 0) is 0 Å². The van der Waals surface area contributed by atoms with Gasteiger partial charge in [-0.25, -0.2) is 4.98 Å². The zero-order valence-electron chi connectivity index (χ0n) is 14.5. The molecule has 0 radical (unpaired) electrons. The van der Waals surface area contributed by atoms with E-state index in [2.05, 4.69) is 20.4 Å². The molecule has 0 fully saturated rings. The van der Waals surface area contributed by atoms with Crippen LogP contribution in [-0.4, -0.2) is 36.1 Å². The number of hydrogen-bond acceptors (Lipinski definition) is 4. The van der Waals surface area contributed by atoms with Gasteiger partial charge in [0.1, 0.15) is 0 Å². The smallest absolute Gasteiger partial charge is 0.422 e. The highest BCUT2D eigenvalue weighted by Gasteiger charge is 2.28. The van der Waals surface area contributed by atoms with E-state index in [-0.39, 0.29) is 17.4 Å². The molecule has 0 bridgehead atoms. The molecule has 1 aromatic heterocycles. The molecule has 2 aromatic rings. The number of anilines is 1. The zero-order chi connectivity index (χ0) is 19.9. The van der Waals surface area contributed by atoms with Crippen molar-refractivity contribution in [1.82, 2.24) is 10.3 Å². The average molecular weight is 381 g/mol. The third-order valence-electron chi connectivity index (χ3n) is 3.32. The van der Waals surface area contributed by atoms with Crippen molar-refractivity contribution in [3.63, 3.8) is 0 Å². The highest BCUT2D eigenvalue weighted by molar-refractivity contribution is 6.04. The lowest BCUT2D eigenvalue weighted by molar-refractivity contribution is -0.154. The molecule has 27 heavy (non-hydrogen) atoms. The van der Waals surface area contributed by atoms with Gasteiger partial charge in [-0.15, -0.1) is 0 Å². The van der Waals surface area contributed by atoms with E-state index in [1.165, 1.54) is 12.1 Å². The molecular weight excluding hydrogens is 363 g/mol. The monoisotopic (exact) mass is 381 g/mol. The number of nitrogens with zero attached hydrogens (tertiary/aromatic N) is 1. The predicted molar refractivity (Wildman–Crippen MR) is 92.8 cm³/mol. The summed E-state index contributed by atoms with van der Waals surface area (Å²) in [7, 11) is 0. The Morgan fingerprint density at radius 1 is 1.04 bits per heavy atom. The summed E-state index contributed by atoms with van der Waals surface area (Å²) in [6.07, 6.45) is -2.51. The number of hydrogen-bond donors (Lipinski definition) is 2. The molecule has 0 aliphatic carbocycles. The molecule has 0 aliphatic heterocycles. The largest absolute Gasteiger partial charge is 0.468 e. The number of carbonyl (C=O) groups is 2. The summed E-state index contributed by atoms with van der Waals surface area (Å²) in [5, 5.41) is 5.35. The second-order valence-electron chi connectivity index (χ2n) is 5.58. The number of carbonyl (C=O) groups excluding carboxylic acids is 2. The number of benzene rings is 1. The number of alkyl halides is 3. The Kier molecular flexibility index (Phi) is 6.75. The van der Waals surface area contributed by atoms with E-state index >= 15 is 0 Å². The Morgan fingerprint density at radius 3 is 2.26 bits per heavy atom. The van der Waals surface area contributed by atoms with E-state index in [9.17, 15) is 22.8 Å². The third-order valence-corrected chi connectivity index (χ3v) is 3.32. The Hall–Kier alpha value is -3.10. The van der Waals surface area contributed by atoms with Crippen LogP contribution in [0, 0.1) is 0 Å². The number of ether oxygens (including phenoxy) is 1. The van der Waals surface area contributed by atoms with Gasteiger partial charge in [0, 0.05) is 30.1 Å². The molecule has 0 unspecified atom stereocenters. The molecule has 9 heteroatoms. The minimum absolute atomic E-state index is 0.152. The maximum Gasteiger partial charge on any atom is 0.422 e. The molecule has 1 aromatic carbocycles. The molecule has 0 saturated carbocycles. The van der Waals surface area contributed by atoms with E-state index in [1.54, 1.807) is 24.3 Å². The average Bonchev–Trinajstić information content (AvgIpc) is 2.65. The van der Waals surface area contributed by atoms with Crippen molar-refractivity contribution in [3.8, 4) is 5.88 Å². The van der Waals surface area contributed by atoms with Gasteiger partial charge in [-0.3, -0.25) is 9.59 Å². The van der Waals surface area contributed by atoms with Gasteiger partial charge >= 0.3 is 6.18 Å².